The van der Waals surface area contributed by atoms with Crippen molar-refractivity contribution in [1.29, 1.82) is 0 Å². The van der Waals surface area contributed by atoms with Gasteiger partial charge in [-0.25, -0.2) is 4.98 Å². The maximum absolute atomic E-state index is 5.67. The van der Waals surface area contributed by atoms with Gasteiger partial charge < -0.3 is 4.74 Å². The molecule has 4 heteroatoms. The molecule has 0 atom stereocenters. The molecular weight excluding hydrogens is 206 g/mol. The Hall–Kier alpha value is -0.120. The third-order valence-electron chi connectivity index (χ3n) is 1.66. The molecule has 1 aromatic rings. The van der Waals surface area contributed by atoms with Crippen molar-refractivity contribution < 1.29 is 4.74 Å². The molecule has 1 heterocycles. The molecule has 1 aromatic heterocycles. The average Bonchev–Trinajstić information content (AvgIpc) is 2.51. The first-order valence-electron chi connectivity index (χ1n) is 4.51. The summed E-state index contributed by atoms with van der Waals surface area (Å²) in [6, 6.07) is 0. The molecule has 0 saturated carbocycles. The van der Waals surface area contributed by atoms with Crippen LogP contribution in [0.5, 0.6) is 0 Å². The average molecular weight is 220 g/mol. The summed E-state index contributed by atoms with van der Waals surface area (Å²) in [5.74, 6) is 0. The zero-order valence-electron chi connectivity index (χ0n) is 7.75. The van der Waals surface area contributed by atoms with Crippen molar-refractivity contribution in [2.24, 2.45) is 0 Å². The van der Waals surface area contributed by atoms with Crippen LogP contribution in [-0.4, -0.2) is 11.6 Å². The second kappa shape index (κ2) is 6.35. The Balaban J connectivity index is 2.06. The van der Waals surface area contributed by atoms with Gasteiger partial charge in [0, 0.05) is 12.8 Å². The second-order valence-electron chi connectivity index (χ2n) is 2.84. The van der Waals surface area contributed by atoms with Crippen LogP contribution in [0, 0.1) is 0 Å². The summed E-state index contributed by atoms with van der Waals surface area (Å²) in [5.41, 5.74) is 0. The monoisotopic (exact) mass is 219 g/mol. The number of unbranched alkanes of at least 4 members (excludes halogenated alkanes) is 2. The number of halogens is 1. The van der Waals surface area contributed by atoms with Crippen LogP contribution in [0.25, 0.3) is 0 Å². The van der Waals surface area contributed by atoms with Gasteiger partial charge in [0.2, 0.25) is 0 Å². The van der Waals surface area contributed by atoms with Gasteiger partial charge in [0.05, 0.1) is 11.5 Å². The third-order valence-corrected chi connectivity index (χ3v) is 2.75. The molecule has 0 aliphatic rings. The quantitative estimate of drug-likeness (QED) is 0.684. The first-order valence-corrected chi connectivity index (χ1v) is 5.70. The first kappa shape index (κ1) is 11.0. The fraction of sp³-hybridized carbons (Fsp3) is 0.667. The Morgan fingerprint density at radius 3 is 3.00 bits per heavy atom. The van der Waals surface area contributed by atoms with E-state index in [1.165, 1.54) is 24.2 Å². The highest BCUT2D eigenvalue weighted by molar-refractivity contribution is 7.15. The number of ether oxygens (including phenoxy) is 1. The molecule has 1 rings (SSSR count). The number of hydrogen-bond acceptors (Lipinski definition) is 3. The highest BCUT2D eigenvalue weighted by Gasteiger charge is 1.98. The van der Waals surface area contributed by atoms with Crippen molar-refractivity contribution in [1.82, 2.24) is 4.98 Å². The van der Waals surface area contributed by atoms with Crippen LogP contribution >= 0.6 is 22.9 Å². The Bertz CT molecular complexity index is 239. The van der Waals surface area contributed by atoms with E-state index in [1.54, 1.807) is 6.20 Å². The largest absolute Gasteiger partial charge is 0.376 e. The topological polar surface area (TPSA) is 22.1 Å². The number of aromatic nitrogens is 1. The van der Waals surface area contributed by atoms with E-state index in [-0.39, 0.29) is 0 Å². The predicted molar refractivity (Wildman–Crippen MR) is 56.3 cm³/mol. The lowest BCUT2D eigenvalue weighted by Gasteiger charge is -2.00. The summed E-state index contributed by atoms with van der Waals surface area (Å²) in [5, 5.41) is 0. The Kier molecular flexibility index (Phi) is 5.35. The third kappa shape index (κ3) is 4.60. The van der Waals surface area contributed by atoms with E-state index in [0.29, 0.717) is 11.1 Å². The van der Waals surface area contributed by atoms with Gasteiger partial charge in [-0.15, -0.1) is 11.3 Å². The minimum absolute atomic E-state index is 0.590. The van der Waals surface area contributed by atoms with Gasteiger partial charge in [-0.1, -0.05) is 31.4 Å². The van der Waals surface area contributed by atoms with Crippen LogP contribution in [0.2, 0.25) is 4.47 Å². The molecule has 0 fully saturated rings. The lowest BCUT2D eigenvalue weighted by molar-refractivity contribution is 0.119. The fourth-order valence-corrected chi connectivity index (χ4v) is 1.89. The second-order valence-corrected chi connectivity index (χ2v) is 4.54. The van der Waals surface area contributed by atoms with Crippen molar-refractivity contribution >= 4 is 22.9 Å². The molecule has 0 saturated heterocycles. The van der Waals surface area contributed by atoms with Gasteiger partial charge in [-0.3, -0.25) is 0 Å². The molecule has 13 heavy (non-hydrogen) atoms. The van der Waals surface area contributed by atoms with E-state index < -0.39 is 0 Å². The van der Waals surface area contributed by atoms with Crippen LogP contribution in [0.1, 0.15) is 31.1 Å². The summed E-state index contributed by atoms with van der Waals surface area (Å²) in [6.07, 6.45) is 5.38. The van der Waals surface area contributed by atoms with Crippen molar-refractivity contribution in [2.75, 3.05) is 6.61 Å². The van der Waals surface area contributed by atoms with E-state index in [0.717, 1.165) is 17.9 Å². The van der Waals surface area contributed by atoms with E-state index in [4.69, 9.17) is 16.3 Å². The summed E-state index contributed by atoms with van der Waals surface area (Å²) in [4.78, 5) is 5.03. The minimum Gasteiger partial charge on any atom is -0.376 e. The predicted octanol–water partition coefficient (Wildman–Crippen LogP) is 3.50. The Morgan fingerprint density at radius 2 is 2.38 bits per heavy atom. The molecule has 74 valence electrons. The van der Waals surface area contributed by atoms with Gasteiger partial charge in [-0.2, -0.15) is 0 Å². The maximum atomic E-state index is 5.67. The SMILES string of the molecule is CCCCCOCc1cnc(Cl)s1. The van der Waals surface area contributed by atoms with E-state index in [9.17, 15) is 0 Å². The number of rotatable bonds is 6. The molecule has 0 unspecified atom stereocenters. The molecule has 0 aromatic carbocycles. The van der Waals surface area contributed by atoms with Crippen molar-refractivity contribution in [3.05, 3.63) is 15.5 Å². The molecule has 0 aliphatic heterocycles. The lowest BCUT2D eigenvalue weighted by atomic mass is 10.3. The van der Waals surface area contributed by atoms with Gasteiger partial charge >= 0.3 is 0 Å². The number of nitrogens with zero attached hydrogens (tertiary/aromatic N) is 1. The summed E-state index contributed by atoms with van der Waals surface area (Å²) >= 11 is 7.16. The lowest BCUT2D eigenvalue weighted by Crippen LogP contribution is -1.93. The van der Waals surface area contributed by atoms with Crippen LogP contribution in [0.3, 0.4) is 0 Å². The van der Waals surface area contributed by atoms with E-state index >= 15 is 0 Å². The Labute approximate surface area is 87.9 Å². The Morgan fingerprint density at radius 1 is 1.54 bits per heavy atom. The van der Waals surface area contributed by atoms with Crippen LogP contribution in [-0.2, 0) is 11.3 Å². The summed E-state index contributed by atoms with van der Waals surface area (Å²) < 4.78 is 6.04. The normalized spacial score (nSPS) is 10.6. The molecule has 0 radical (unpaired) electrons. The molecule has 0 bridgehead atoms. The van der Waals surface area contributed by atoms with Gasteiger partial charge in [0.25, 0.3) is 0 Å². The summed E-state index contributed by atoms with van der Waals surface area (Å²) in [6.45, 7) is 3.67. The fourth-order valence-electron chi connectivity index (χ4n) is 0.977. The van der Waals surface area contributed by atoms with E-state index in [2.05, 4.69) is 11.9 Å². The van der Waals surface area contributed by atoms with Crippen molar-refractivity contribution in [3.8, 4) is 0 Å². The number of hydrogen-bond donors (Lipinski definition) is 0. The van der Waals surface area contributed by atoms with Gasteiger partial charge in [0.1, 0.15) is 0 Å². The zero-order chi connectivity index (χ0) is 9.52. The zero-order valence-corrected chi connectivity index (χ0v) is 9.33. The van der Waals surface area contributed by atoms with Gasteiger partial charge in [-0.05, 0) is 6.42 Å². The van der Waals surface area contributed by atoms with E-state index in [1.807, 2.05) is 0 Å². The van der Waals surface area contributed by atoms with Crippen LogP contribution in [0.4, 0.5) is 0 Å². The molecular formula is C9H14ClNOS. The minimum atomic E-state index is 0.590. The van der Waals surface area contributed by atoms with Gasteiger partial charge in [0.15, 0.2) is 4.47 Å². The highest BCUT2D eigenvalue weighted by Crippen LogP contribution is 2.18. The first-order chi connectivity index (χ1) is 6.33. The van der Waals surface area contributed by atoms with Crippen molar-refractivity contribution in [2.45, 2.75) is 32.8 Å². The molecule has 0 aliphatic carbocycles. The molecule has 0 N–H and O–H groups in total. The van der Waals surface area contributed by atoms with Crippen LogP contribution < -0.4 is 0 Å². The van der Waals surface area contributed by atoms with Crippen LogP contribution in [0.15, 0.2) is 6.20 Å². The summed E-state index contributed by atoms with van der Waals surface area (Å²) in [7, 11) is 0. The molecule has 2 nitrogen and oxygen atoms in total. The maximum Gasteiger partial charge on any atom is 0.183 e. The molecule has 0 spiro atoms. The number of thiazole rings is 1. The highest BCUT2D eigenvalue weighted by atomic mass is 35.5. The smallest absolute Gasteiger partial charge is 0.183 e. The van der Waals surface area contributed by atoms with Crippen molar-refractivity contribution in [3.63, 3.8) is 0 Å². The molecule has 0 amide bonds. The standard InChI is InChI=1S/C9H14ClNOS/c1-2-3-4-5-12-7-8-6-11-9(10)13-8/h6H,2-5,7H2,1H3.